The van der Waals surface area contributed by atoms with E-state index in [0.717, 1.165) is 0 Å². The third-order valence-corrected chi connectivity index (χ3v) is 1.37. The topological polar surface area (TPSA) is 21.7 Å². The van der Waals surface area contributed by atoms with E-state index in [1.807, 2.05) is 32.8 Å². The molecule has 0 heterocycles. The summed E-state index contributed by atoms with van der Waals surface area (Å²) in [6, 6.07) is 0. The number of hydrogen-bond donors (Lipinski definition) is 0. The fraction of sp³-hybridized carbons (Fsp3) is 0.667. The van der Waals surface area contributed by atoms with Crippen molar-refractivity contribution in [2.24, 2.45) is 0 Å². The van der Waals surface area contributed by atoms with Gasteiger partial charge in [0.2, 0.25) is 6.29 Å². The minimum absolute atomic E-state index is 0.450. The first-order valence-electron chi connectivity index (χ1n) is 5.07. The molecule has 3 nitrogen and oxygen atoms in total. The van der Waals surface area contributed by atoms with Crippen LogP contribution in [-0.4, -0.2) is 45.0 Å². The third kappa shape index (κ3) is 9.31. The Kier molecular flexibility index (Phi) is 8.91. The molecular weight excluding hydrogens is 190 g/mol. The quantitative estimate of drug-likeness (QED) is 0.497. The van der Waals surface area contributed by atoms with Crippen LogP contribution < -0.4 is 0 Å². The van der Waals surface area contributed by atoms with Crippen molar-refractivity contribution >= 4 is 0 Å². The maximum atomic E-state index is 5.24. The number of nitrogens with zero attached hydrogens (tertiary/aromatic N) is 1. The zero-order valence-electron chi connectivity index (χ0n) is 9.96. The van der Waals surface area contributed by atoms with Gasteiger partial charge in [0.1, 0.15) is 0 Å². The van der Waals surface area contributed by atoms with Crippen LogP contribution in [0.4, 0.5) is 0 Å². The van der Waals surface area contributed by atoms with E-state index >= 15 is 0 Å². The third-order valence-electron chi connectivity index (χ3n) is 1.37. The van der Waals surface area contributed by atoms with Crippen LogP contribution in [0.25, 0.3) is 0 Å². The summed E-state index contributed by atoms with van der Waals surface area (Å²) in [7, 11) is 3.93. The minimum atomic E-state index is -0.450. The van der Waals surface area contributed by atoms with Gasteiger partial charge in [-0.15, -0.1) is 0 Å². The molecule has 0 N–H and O–H groups in total. The molecule has 0 aliphatic rings. The first kappa shape index (κ1) is 14.0. The number of ether oxygens (including phenoxy) is 2. The van der Waals surface area contributed by atoms with Crippen LogP contribution in [0.1, 0.15) is 13.8 Å². The normalized spacial score (nSPS) is 9.47. The number of rotatable bonds is 5. The van der Waals surface area contributed by atoms with Crippen LogP contribution >= 0.6 is 0 Å². The Hall–Kier alpha value is -1.00. The molecule has 0 aliphatic carbocycles. The van der Waals surface area contributed by atoms with Gasteiger partial charge in [-0.1, -0.05) is 5.92 Å². The van der Waals surface area contributed by atoms with E-state index in [4.69, 9.17) is 9.47 Å². The Labute approximate surface area is 92.7 Å². The van der Waals surface area contributed by atoms with Crippen molar-refractivity contribution in [3.8, 4) is 23.7 Å². The standard InChI is InChI=1S/C12H19NO2/c1-5-14-12(15-6-2)10-8-7-9-11-13(3)4/h12H,5-6,11H2,1-4H3. The van der Waals surface area contributed by atoms with Crippen molar-refractivity contribution in [1.82, 2.24) is 4.90 Å². The minimum Gasteiger partial charge on any atom is -0.342 e. The summed E-state index contributed by atoms with van der Waals surface area (Å²) in [6.07, 6.45) is -0.450. The number of hydrogen-bond acceptors (Lipinski definition) is 3. The lowest BCUT2D eigenvalue weighted by atomic mass is 10.5. The molecule has 84 valence electrons. The van der Waals surface area contributed by atoms with Crippen molar-refractivity contribution in [3.63, 3.8) is 0 Å². The van der Waals surface area contributed by atoms with Crippen LogP contribution in [0.15, 0.2) is 0 Å². The van der Waals surface area contributed by atoms with Gasteiger partial charge in [-0.05, 0) is 45.7 Å². The molecule has 0 radical (unpaired) electrons. The molecule has 3 heteroatoms. The molecule has 0 bridgehead atoms. The summed E-state index contributed by atoms with van der Waals surface area (Å²) < 4.78 is 10.5. The summed E-state index contributed by atoms with van der Waals surface area (Å²) in [6.45, 7) is 5.70. The molecule has 0 amide bonds. The van der Waals surface area contributed by atoms with Gasteiger partial charge in [-0.2, -0.15) is 0 Å². The Bertz CT molecular complexity index is 259. The van der Waals surface area contributed by atoms with Gasteiger partial charge in [-0.3, -0.25) is 4.90 Å². The van der Waals surface area contributed by atoms with Crippen molar-refractivity contribution in [2.75, 3.05) is 33.9 Å². The maximum Gasteiger partial charge on any atom is 0.223 e. The van der Waals surface area contributed by atoms with Gasteiger partial charge in [0.05, 0.1) is 6.54 Å². The summed E-state index contributed by atoms with van der Waals surface area (Å²) >= 11 is 0. The molecule has 0 aromatic rings. The fourth-order valence-electron chi connectivity index (χ4n) is 0.771. The van der Waals surface area contributed by atoms with Crippen molar-refractivity contribution in [1.29, 1.82) is 0 Å². The Morgan fingerprint density at radius 2 is 1.67 bits per heavy atom. The summed E-state index contributed by atoms with van der Waals surface area (Å²) in [5.41, 5.74) is 0. The van der Waals surface area contributed by atoms with Crippen LogP contribution in [0.3, 0.4) is 0 Å². The zero-order valence-corrected chi connectivity index (χ0v) is 9.96. The largest absolute Gasteiger partial charge is 0.342 e. The van der Waals surface area contributed by atoms with E-state index in [2.05, 4.69) is 23.7 Å². The van der Waals surface area contributed by atoms with E-state index < -0.39 is 6.29 Å². The van der Waals surface area contributed by atoms with Crippen molar-refractivity contribution in [2.45, 2.75) is 20.1 Å². The SMILES string of the molecule is CCOC(C#CC#CCN(C)C)OCC. The van der Waals surface area contributed by atoms with Gasteiger partial charge in [0, 0.05) is 13.2 Å². The summed E-state index contributed by atoms with van der Waals surface area (Å²) in [4.78, 5) is 1.98. The van der Waals surface area contributed by atoms with Gasteiger partial charge < -0.3 is 9.47 Å². The van der Waals surface area contributed by atoms with Gasteiger partial charge in [0.25, 0.3) is 0 Å². The molecule has 0 atom stereocenters. The predicted octanol–water partition coefficient (Wildman–Crippen LogP) is 0.954. The average Bonchev–Trinajstić information content (AvgIpc) is 2.17. The van der Waals surface area contributed by atoms with E-state index in [1.54, 1.807) is 0 Å². The second-order valence-electron chi connectivity index (χ2n) is 3.05. The molecule has 0 aromatic carbocycles. The highest BCUT2D eigenvalue weighted by Gasteiger charge is 2.00. The smallest absolute Gasteiger partial charge is 0.223 e. The van der Waals surface area contributed by atoms with E-state index in [0.29, 0.717) is 19.8 Å². The van der Waals surface area contributed by atoms with Crippen LogP contribution in [0.5, 0.6) is 0 Å². The Balaban J connectivity index is 4.01. The molecule has 0 aliphatic heterocycles. The maximum absolute atomic E-state index is 5.24. The monoisotopic (exact) mass is 209 g/mol. The van der Waals surface area contributed by atoms with E-state index in [1.165, 1.54) is 0 Å². The predicted molar refractivity (Wildman–Crippen MR) is 61.1 cm³/mol. The molecule has 0 saturated heterocycles. The first-order valence-corrected chi connectivity index (χ1v) is 5.07. The molecule has 15 heavy (non-hydrogen) atoms. The second-order valence-corrected chi connectivity index (χ2v) is 3.05. The van der Waals surface area contributed by atoms with Crippen molar-refractivity contribution in [3.05, 3.63) is 0 Å². The van der Waals surface area contributed by atoms with Crippen LogP contribution in [0.2, 0.25) is 0 Å². The lowest BCUT2D eigenvalue weighted by Gasteiger charge is -2.08. The highest BCUT2D eigenvalue weighted by Crippen LogP contribution is 1.91. The highest BCUT2D eigenvalue weighted by molar-refractivity contribution is 5.27. The van der Waals surface area contributed by atoms with E-state index in [-0.39, 0.29) is 0 Å². The van der Waals surface area contributed by atoms with Crippen LogP contribution in [-0.2, 0) is 9.47 Å². The average molecular weight is 209 g/mol. The molecular formula is C12H19NO2. The van der Waals surface area contributed by atoms with Crippen LogP contribution in [0, 0.1) is 23.7 Å². The molecule has 0 spiro atoms. The lowest BCUT2D eigenvalue weighted by Crippen LogP contribution is -2.14. The molecule has 0 unspecified atom stereocenters. The zero-order chi connectivity index (χ0) is 11.5. The van der Waals surface area contributed by atoms with Gasteiger partial charge >= 0.3 is 0 Å². The molecule has 0 rings (SSSR count). The fourth-order valence-corrected chi connectivity index (χ4v) is 0.771. The Morgan fingerprint density at radius 1 is 1.07 bits per heavy atom. The lowest BCUT2D eigenvalue weighted by molar-refractivity contribution is -0.0969. The first-order chi connectivity index (χ1) is 7.20. The second kappa shape index (κ2) is 9.55. The molecule has 0 saturated carbocycles. The van der Waals surface area contributed by atoms with E-state index in [9.17, 15) is 0 Å². The van der Waals surface area contributed by atoms with Gasteiger partial charge in [-0.25, -0.2) is 0 Å². The highest BCUT2D eigenvalue weighted by atomic mass is 16.7. The summed E-state index contributed by atoms with van der Waals surface area (Å²) in [5, 5.41) is 0. The van der Waals surface area contributed by atoms with Gasteiger partial charge in [0.15, 0.2) is 0 Å². The summed E-state index contributed by atoms with van der Waals surface area (Å²) in [5.74, 6) is 11.2. The Morgan fingerprint density at radius 3 is 2.13 bits per heavy atom. The van der Waals surface area contributed by atoms with Crippen molar-refractivity contribution < 1.29 is 9.47 Å². The molecule has 0 fully saturated rings. The molecule has 0 aromatic heterocycles.